The van der Waals surface area contributed by atoms with Crippen molar-refractivity contribution >= 4 is 5.97 Å². The number of aliphatic carboxylic acids is 1. The number of hydrogen-bond donors (Lipinski definition) is 1. The van der Waals surface area contributed by atoms with Crippen LogP contribution in [0.1, 0.15) is 19.3 Å². The van der Waals surface area contributed by atoms with Crippen molar-refractivity contribution in [2.24, 2.45) is 5.92 Å². The van der Waals surface area contributed by atoms with Crippen LogP contribution in [0.15, 0.2) is 0 Å². The summed E-state index contributed by atoms with van der Waals surface area (Å²) in [5.74, 6) is -0.0193. The Hall–Kier alpha value is -0.610. The van der Waals surface area contributed by atoms with Crippen LogP contribution < -0.4 is 0 Å². The Bertz CT molecular complexity index is 213. The van der Waals surface area contributed by atoms with Crippen LogP contribution in [0.3, 0.4) is 0 Å². The first-order valence-corrected chi connectivity index (χ1v) is 5.32. The maximum atomic E-state index is 10.8. The summed E-state index contributed by atoms with van der Waals surface area (Å²) in [6, 6.07) is -0.210. The van der Waals surface area contributed by atoms with E-state index in [2.05, 4.69) is 4.90 Å². The standard InChI is InChI=1S/C10H17NO3/c12-10(13)9-1-4-11(9)7-8-2-5-14-6-3-8/h8-9H,1-7H2,(H,12,13)/t9-/m0/s1. The van der Waals surface area contributed by atoms with Crippen LogP contribution in [-0.4, -0.2) is 48.3 Å². The number of carbonyl (C=O) groups is 1. The Labute approximate surface area is 83.8 Å². The number of hydrogen-bond acceptors (Lipinski definition) is 3. The molecule has 0 aromatic rings. The van der Waals surface area contributed by atoms with Crippen LogP contribution in [0, 0.1) is 5.92 Å². The van der Waals surface area contributed by atoms with Gasteiger partial charge in [-0.15, -0.1) is 0 Å². The monoisotopic (exact) mass is 199 g/mol. The first-order valence-electron chi connectivity index (χ1n) is 5.32. The van der Waals surface area contributed by atoms with Gasteiger partial charge in [0.05, 0.1) is 0 Å². The fourth-order valence-corrected chi connectivity index (χ4v) is 2.20. The van der Waals surface area contributed by atoms with Crippen molar-refractivity contribution in [3.05, 3.63) is 0 Å². The second-order valence-electron chi connectivity index (χ2n) is 4.19. The maximum absolute atomic E-state index is 10.8. The third kappa shape index (κ3) is 2.07. The molecule has 2 aliphatic rings. The molecule has 2 heterocycles. The highest BCUT2D eigenvalue weighted by molar-refractivity contribution is 5.74. The van der Waals surface area contributed by atoms with Gasteiger partial charge in [-0.2, -0.15) is 0 Å². The molecule has 4 nitrogen and oxygen atoms in total. The molecule has 4 heteroatoms. The molecule has 2 aliphatic heterocycles. The quantitative estimate of drug-likeness (QED) is 0.722. The number of carboxylic acid groups (broad SMARTS) is 1. The van der Waals surface area contributed by atoms with Gasteiger partial charge in [-0.05, 0) is 25.2 Å². The van der Waals surface area contributed by atoms with E-state index in [9.17, 15) is 4.79 Å². The minimum atomic E-state index is -0.664. The first-order chi connectivity index (χ1) is 6.77. The molecule has 80 valence electrons. The third-order valence-electron chi connectivity index (χ3n) is 3.25. The Morgan fingerprint density at radius 2 is 2.07 bits per heavy atom. The van der Waals surface area contributed by atoms with Gasteiger partial charge in [0.15, 0.2) is 0 Å². The van der Waals surface area contributed by atoms with Crippen molar-refractivity contribution in [1.29, 1.82) is 0 Å². The zero-order valence-electron chi connectivity index (χ0n) is 8.32. The number of nitrogens with zero attached hydrogens (tertiary/aromatic N) is 1. The van der Waals surface area contributed by atoms with Crippen molar-refractivity contribution < 1.29 is 14.6 Å². The minimum absolute atomic E-state index is 0.210. The Balaban J connectivity index is 1.76. The van der Waals surface area contributed by atoms with Crippen LogP contribution >= 0.6 is 0 Å². The average molecular weight is 199 g/mol. The van der Waals surface area contributed by atoms with Crippen molar-refractivity contribution in [3.8, 4) is 0 Å². The summed E-state index contributed by atoms with van der Waals surface area (Å²) < 4.78 is 5.27. The molecule has 0 unspecified atom stereocenters. The fourth-order valence-electron chi connectivity index (χ4n) is 2.20. The molecule has 0 bridgehead atoms. The number of ether oxygens (including phenoxy) is 1. The number of rotatable bonds is 3. The molecule has 2 saturated heterocycles. The van der Waals surface area contributed by atoms with Crippen LogP contribution in [0.4, 0.5) is 0 Å². The highest BCUT2D eigenvalue weighted by Crippen LogP contribution is 2.23. The lowest BCUT2D eigenvalue weighted by molar-refractivity contribution is -0.148. The van der Waals surface area contributed by atoms with Crippen LogP contribution in [0.25, 0.3) is 0 Å². The van der Waals surface area contributed by atoms with Gasteiger partial charge in [-0.1, -0.05) is 0 Å². The highest BCUT2D eigenvalue weighted by Gasteiger charge is 2.35. The van der Waals surface area contributed by atoms with Gasteiger partial charge in [-0.3, -0.25) is 9.69 Å². The summed E-state index contributed by atoms with van der Waals surface area (Å²) in [4.78, 5) is 12.8. The zero-order valence-corrected chi connectivity index (χ0v) is 8.32. The number of carboxylic acids is 1. The van der Waals surface area contributed by atoms with Crippen LogP contribution in [0.5, 0.6) is 0 Å². The SMILES string of the molecule is O=C(O)[C@@H]1CCN1CC1CCOCC1. The lowest BCUT2D eigenvalue weighted by atomic mass is 9.95. The molecule has 0 radical (unpaired) electrons. The normalized spacial score (nSPS) is 29.9. The third-order valence-corrected chi connectivity index (χ3v) is 3.25. The van der Waals surface area contributed by atoms with Crippen molar-refractivity contribution in [3.63, 3.8) is 0 Å². The summed E-state index contributed by atoms with van der Waals surface area (Å²) in [5, 5.41) is 8.87. The molecule has 0 aliphatic carbocycles. The van der Waals surface area contributed by atoms with Gasteiger partial charge in [0.25, 0.3) is 0 Å². The van der Waals surface area contributed by atoms with E-state index in [1.165, 1.54) is 0 Å². The summed E-state index contributed by atoms with van der Waals surface area (Å²) >= 11 is 0. The summed E-state index contributed by atoms with van der Waals surface area (Å²) in [7, 11) is 0. The summed E-state index contributed by atoms with van der Waals surface area (Å²) in [6.45, 7) is 3.58. The second-order valence-corrected chi connectivity index (χ2v) is 4.19. The van der Waals surface area contributed by atoms with Gasteiger partial charge < -0.3 is 9.84 Å². The highest BCUT2D eigenvalue weighted by atomic mass is 16.5. The molecule has 2 rings (SSSR count). The van der Waals surface area contributed by atoms with Gasteiger partial charge >= 0.3 is 5.97 Å². The van der Waals surface area contributed by atoms with Crippen molar-refractivity contribution in [1.82, 2.24) is 4.90 Å². The van der Waals surface area contributed by atoms with E-state index in [1.54, 1.807) is 0 Å². The van der Waals surface area contributed by atoms with Crippen LogP contribution in [-0.2, 0) is 9.53 Å². The molecular weight excluding hydrogens is 182 g/mol. The van der Waals surface area contributed by atoms with E-state index >= 15 is 0 Å². The molecule has 1 N–H and O–H groups in total. The largest absolute Gasteiger partial charge is 0.480 e. The van der Waals surface area contributed by atoms with E-state index in [0.717, 1.165) is 45.6 Å². The van der Waals surface area contributed by atoms with Gasteiger partial charge in [0, 0.05) is 26.3 Å². The van der Waals surface area contributed by atoms with Gasteiger partial charge in [-0.25, -0.2) is 0 Å². The summed E-state index contributed by atoms with van der Waals surface area (Å²) in [5.41, 5.74) is 0. The Morgan fingerprint density at radius 1 is 1.36 bits per heavy atom. The molecule has 0 spiro atoms. The van der Waals surface area contributed by atoms with Crippen molar-refractivity contribution in [2.75, 3.05) is 26.3 Å². The zero-order chi connectivity index (χ0) is 9.97. The molecule has 14 heavy (non-hydrogen) atoms. The topological polar surface area (TPSA) is 49.8 Å². The predicted molar refractivity (Wildman–Crippen MR) is 51.2 cm³/mol. The Kier molecular flexibility index (Phi) is 3.03. The van der Waals surface area contributed by atoms with Gasteiger partial charge in [0.1, 0.15) is 6.04 Å². The molecule has 0 aromatic carbocycles. The molecule has 2 fully saturated rings. The van der Waals surface area contributed by atoms with Crippen molar-refractivity contribution in [2.45, 2.75) is 25.3 Å². The lowest BCUT2D eigenvalue weighted by Crippen LogP contribution is -2.54. The first kappa shape index (κ1) is 9.93. The van der Waals surface area contributed by atoms with E-state index in [4.69, 9.17) is 9.84 Å². The van der Waals surface area contributed by atoms with E-state index in [0.29, 0.717) is 5.92 Å². The average Bonchev–Trinajstić information content (AvgIpc) is 2.13. The fraction of sp³-hybridized carbons (Fsp3) is 0.900. The van der Waals surface area contributed by atoms with E-state index in [-0.39, 0.29) is 6.04 Å². The summed E-state index contributed by atoms with van der Waals surface area (Å²) in [6.07, 6.45) is 2.99. The maximum Gasteiger partial charge on any atom is 0.320 e. The van der Waals surface area contributed by atoms with E-state index < -0.39 is 5.97 Å². The Morgan fingerprint density at radius 3 is 2.57 bits per heavy atom. The molecule has 0 saturated carbocycles. The smallest absolute Gasteiger partial charge is 0.320 e. The van der Waals surface area contributed by atoms with Crippen LogP contribution in [0.2, 0.25) is 0 Å². The molecule has 0 amide bonds. The molecule has 1 atom stereocenters. The lowest BCUT2D eigenvalue weighted by Gasteiger charge is -2.40. The van der Waals surface area contributed by atoms with E-state index in [1.807, 2.05) is 0 Å². The molecule has 0 aromatic heterocycles. The molecular formula is C10H17NO3. The predicted octanol–water partition coefficient (Wildman–Crippen LogP) is 0.572. The minimum Gasteiger partial charge on any atom is -0.480 e. The second kappa shape index (κ2) is 4.28. The number of likely N-dealkylation sites (tertiary alicyclic amines) is 1. The van der Waals surface area contributed by atoms with Gasteiger partial charge in [0.2, 0.25) is 0 Å².